The zero-order valence-electron chi connectivity index (χ0n) is 16.0. The summed E-state index contributed by atoms with van der Waals surface area (Å²) in [5.41, 5.74) is 1.21. The number of benzene rings is 1. The Bertz CT molecular complexity index is 838. The van der Waals surface area contributed by atoms with Gasteiger partial charge in [0.25, 0.3) is 5.91 Å². The lowest BCUT2D eigenvalue weighted by atomic mass is 10.1. The minimum atomic E-state index is -3.55. The van der Waals surface area contributed by atoms with E-state index in [1.807, 2.05) is 23.1 Å². The van der Waals surface area contributed by atoms with Crippen LogP contribution in [0, 0.1) is 0 Å². The first-order valence-corrected chi connectivity index (χ1v) is 11.7. The number of hydrogen-bond donors (Lipinski definition) is 0. The van der Waals surface area contributed by atoms with Crippen LogP contribution in [0.25, 0.3) is 0 Å². The summed E-state index contributed by atoms with van der Waals surface area (Å²) >= 11 is 0. The zero-order chi connectivity index (χ0) is 19.7. The molecule has 0 aromatic heterocycles. The lowest BCUT2D eigenvalue weighted by molar-refractivity contribution is -0.140. The molecule has 3 aliphatic rings. The number of amides is 2. The maximum atomic E-state index is 13.0. The number of rotatable bonds is 5. The summed E-state index contributed by atoms with van der Waals surface area (Å²) in [5, 5.41) is 0. The topological polar surface area (TPSA) is 78.0 Å². The van der Waals surface area contributed by atoms with Gasteiger partial charge in [-0.25, -0.2) is 12.7 Å². The predicted octanol–water partition coefficient (Wildman–Crippen LogP) is 0.857. The molecule has 2 amide bonds. The molecule has 1 aliphatic carbocycles. The summed E-state index contributed by atoms with van der Waals surface area (Å²) in [6.07, 6.45) is 3.56. The van der Waals surface area contributed by atoms with E-state index in [4.69, 9.17) is 0 Å². The van der Waals surface area contributed by atoms with Crippen molar-refractivity contribution in [3.05, 3.63) is 35.9 Å². The molecule has 1 aromatic rings. The van der Waals surface area contributed by atoms with Crippen molar-refractivity contribution in [1.29, 1.82) is 0 Å². The van der Waals surface area contributed by atoms with Gasteiger partial charge in [0.1, 0.15) is 6.04 Å². The van der Waals surface area contributed by atoms with Gasteiger partial charge in [0.15, 0.2) is 0 Å². The third-order valence-electron chi connectivity index (χ3n) is 5.86. The second-order valence-electron chi connectivity index (χ2n) is 7.91. The Morgan fingerprint density at radius 3 is 2.54 bits per heavy atom. The predicted molar refractivity (Wildman–Crippen MR) is 105 cm³/mol. The highest BCUT2D eigenvalue weighted by Crippen LogP contribution is 2.32. The highest BCUT2D eigenvalue weighted by molar-refractivity contribution is 7.89. The van der Waals surface area contributed by atoms with Gasteiger partial charge < -0.3 is 4.90 Å². The van der Waals surface area contributed by atoms with Crippen LogP contribution < -0.4 is 0 Å². The molecule has 3 fully saturated rings. The quantitative estimate of drug-likeness (QED) is 0.726. The highest BCUT2D eigenvalue weighted by atomic mass is 32.2. The summed E-state index contributed by atoms with van der Waals surface area (Å²) in [6, 6.07) is 9.37. The van der Waals surface area contributed by atoms with E-state index in [1.165, 1.54) is 5.56 Å². The smallest absolute Gasteiger partial charge is 0.255 e. The number of carbonyl (C=O) groups is 2. The maximum Gasteiger partial charge on any atom is 0.255 e. The van der Waals surface area contributed by atoms with Crippen molar-refractivity contribution in [3.63, 3.8) is 0 Å². The van der Waals surface area contributed by atoms with E-state index < -0.39 is 16.1 Å². The summed E-state index contributed by atoms with van der Waals surface area (Å²) in [6.45, 7) is 1.76. The molecule has 2 heterocycles. The Kier molecular flexibility index (Phi) is 5.42. The van der Waals surface area contributed by atoms with Gasteiger partial charge in [0.05, 0.1) is 5.75 Å². The van der Waals surface area contributed by atoms with E-state index in [0.29, 0.717) is 32.6 Å². The van der Waals surface area contributed by atoms with Crippen LogP contribution in [-0.2, 0) is 26.0 Å². The van der Waals surface area contributed by atoms with Crippen LogP contribution in [0.15, 0.2) is 30.3 Å². The molecule has 152 valence electrons. The van der Waals surface area contributed by atoms with E-state index in [2.05, 4.69) is 12.1 Å². The zero-order valence-corrected chi connectivity index (χ0v) is 16.8. The lowest BCUT2D eigenvalue weighted by Gasteiger charge is -2.39. The van der Waals surface area contributed by atoms with Gasteiger partial charge in [-0.15, -0.1) is 0 Å². The molecule has 2 saturated heterocycles. The number of piperazine rings is 1. The molecular weight excluding hydrogens is 378 g/mol. The number of fused-ring (bicyclic) bond motifs is 1. The van der Waals surface area contributed by atoms with Gasteiger partial charge in [-0.2, -0.15) is 0 Å². The number of aryl methyl sites for hydroxylation is 1. The Morgan fingerprint density at radius 1 is 1.07 bits per heavy atom. The third kappa shape index (κ3) is 4.07. The van der Waals surface area contributed by atoms with Crippen LogP contribution in [0.1, 0.15) is 31.2 Å². The third-order valence-corrected chi connectivity index (χ3v) is 7.64. The monoisotopic (exact) mass is 405 g/mol. The molecule has 0 radical (unpaired) electrons. The molecule has 8 heteroatoms. The average molecular weight is 406 g/mol. The molecule has 0 bridgehead atoms. The van der Waals surface area contributed by atoms with Crippen molar-refractivity contribution >= 4 is 21.8 Å². The first-order valence-electron chi connectivity index (χ1n) is 10.1. The van der Waals surface area contributed by atoms with E-state index >= 15 is 0 Å². The van der Waals surface area contributed by atoms with Gasteiger partial charge in [-0.3, -0.25) is 14.5 Å². The van der Waals surface area contributed by atoms with Crippen LogP contribution in [0.3, 0.4) is 0 Å². The summed E-state index contributed by atoms with van der Waals surface area (Å²) < 4.78 is 26.2. The van der Waals surface area contributed by atoms with E-state index in [9.17, 15) is 18.0 Å². The maximum absolute atomic E-state index is 13.0. The summed E-state index contributed by atoms with van der Waals surface area (Å²) in [7, 11) is -3.55. The van der Waals surface area contributed by atoms with Crippen molar-refractivity contribution in [1.82, 2.24) is 14.1 Å². The van der Waals surface area contributed by atoms with E-state index in [-0.39, 0.29) is 23.6 Å². The minimum absolute atomic E-state index is 0.0171. The first kappa shape index (κ1) is 19.4. The Morgan fingerprint density at radius 2 is 1.82 bits per heavy atom. The fourth-order valence-electron chi connectivity index (χ4n) is 4.13. The molecule has 1 unspecified atom stereocenters. The van der Waals surface area contributed by atoms with Crippen molar-refractivity contribution in [3.8, 4) is 0 Å². The summed E-state index contributed by atoms with van der Waals surface area (Å²) in [4.78, 5) is 29.4. The van der Waals surface area contributed by atoms with Gasteiger partial charge in [0, 0.05) is 38.6 Å². The highest BCUT2D eigenvalue weighted by Gasteiger charge is 2.48. The molecule has 1 atom stereocenters. The fraction of sp³-hybridized carbons (Fsp3) is 0.600. The molecule has 7 nitrogen and oxygen atoms in total. The molecule has 2 aliphatic heterocycles. The molecule has 4 rings (SSSR count). The number of hydrogen-bond acceptors (Lipinski definition) is 5. The van der Waals surface area contributed by atoms with Gasteiger partial charge in [-0.1, -0.05) is 30.3 Å². The van der Waals surface area contributed by atoms with Crippen LogP contribution in [0.5, 0.6) is 0 Å². The number of nitrogens with zero attached hydrogens (tertiary/aromatic N) is 3. The Balaban J connectivity index is 1.38. The van der Waals surface area contributed by atoms with Gasteiger partial charge in [-0.05, 0) is 31.2 Å². The average Bonchev–Trinajstić information content (AvgIpc) is 3.51. The minimum Gasteiger partial charge on any atom is -0.339 e. The van der Waals surface area contributed by atoms with Gasteiger partial charge >= 0.3 is 0 Å². The largest absolute Gasteiger partial charge is 0.339 e. The standard InChI is InChI=1S/C20H27N3O4S/c24-19(8-4-7-16-5-2-1-3-6-16)22-12-11-21-13-14-28(26,27)23(17-9-10-17)20(25)18(21)15-22/h1-3,5-6,17-18H,4,7-15H2. The van der Waals surface area contributed by atoms with Crippen molar-refractivity contribution < 1.29 is 18.0 Å². The Labute approximate surface area is 166 Å². The SMILES string of the molecule is O=C(CCCc1ccccc1)N1CCN2CCS(=O)(=O)N(C3CC3)C(=O)C2C1. The van der Waals surface area contributed by atoms with Crippen molar-refractivity contribution in [2.24, 2.45) is 0 Å². The van der Waals surface area contributed by atoms with Crippen molar-refractivity contribution in [2.75, 3.05) is 31.9 Å². The van der Waals surface area contributed by atoms with Crippen LogP contribution in [-0.4, -0.2) is 78.4 Å². The Hall–Kier alpha value is -1.93. The molecule has 0 N–H and O–H groups in total. The molecular formula is C20H27N3O4S. The summed E-state index contributed by atoms with van der Waals surface area (Å²) in [5.74, 6) is -0.313. The second kappa shape index (κ2) is 7.83. The van der Waals surface area contributed by atoms with Crippen LogP contribution in [0.4, 0.5) is 0 Å². The fourth-order valence-corrected chi connectivity index (χ4v) is 5.85. The van der Waals surface area contributed by atoms with E-state index in [0.717, 1.165) is 30.0 Å². The number of carbonyl (C=O) groups excluding carboxylic acids is 2. The van der Waals surface area contributed by atoms with Crippen LogP contribution >= 0.6 is 0 Å². The first-order chi connectivity index (χ1) is 13.5. The normalized spacial score (nSPS) is 25.3. The second-order valence-corrected chi connectivity index (χ2v) is 9.88. The lowest BCUT2D eigenvalue weighted by Crippen LogP contribution is -2.59. The molecule has 0 spiro atoms. The van der Waals surface area contributed by atoms with Crippen LogP contribution in [0.2, 0.25) is 0 Å². The molecule has 28 heavy (non-hydrogen) atoms. The van der Waals surface area contributed by atoms with Crippen molar-refractivity contribution in [2.45, 2.75) is 44.2 Å². The van der Waals surface area contributed by atoms with E-state index in [1.54, 1.807) is 4.90 Å². The van der Waals surface area contributed by atoms with Gasteiger partial charge in [0.2, 0.25) is 15.9 Å². The molecule has 1 aromatic carbocycles. The number of sulfonamides is 1. The molecule has 1 saturated carbocycles.